The van der Waals surface area contributed by atoms with Crippen molar-refractivity contribution >= 4 is 23.2 Å². The molecule has 110 valence electrons. The molecule has 1 atom stereocenters. The van der Waals surface area contributed by atoms with Crippen LogP contribution in [0.1, 0.15) is 12.5 Å². The van der Waals surface area contributed by atoms with Gasteiger partial charge in [0, 0.05) is 6.42 Å². The van der Waals surface area contributed by atoms with Gasteiger partial charge in [-0.2, -0.15) is 0 Å². The molecular formula is C16H16ClFN2O. The standard InChI is InChI=1S/C16H16ClFN2O/c1-16(15(19)21,10-11-6-8-12(18)9-7-11)20-14-5-3-2-4-13(14)17/h2-9,20H,10H2,1H3,(H2,19,21). The molecule has 0 radical (unpaired) electrons. The average Bonchev–Trinajstić information content (AvgIpc) is 2.44. The van der Waals surface area contributed by atoms with Crippen molar-refractivity contribution in [1.82, 2.24) is 0 Å². The number of halogens is 2. The van der Waals surface area contributed by atoms with E-state index < -0.39 is 11.4 Å². The summed E-state index contributed by atoms with van der Waals surface area (Å²) in [5, 5.41) is 3.59. The van der Waals surface area contributed by atoms with Crippen molar-refractivity contribution < 1.29 is 9.18 Å². The summed E-state index contributed by atoms with van der Waals surface area (Å²) in [5.74, 6) is -0.828. The summed E-state index contributed by atoms with van der Waals surface area (Å²) in [7, 11) is 0. The molecule has 2 rings (SSSR count). The van der Waals surface area contributed by atoms with Gasteiger partial charge in [-0.05, 0) is 36.8 Å². The van der Waals surface area contributed by atoms with Crippen LogP contribution in [-0.2, 0) is 11.2 Å². The minimum atomic E-state index is -1.02. The van der Waals surface area contributed by atoms with E-state index in [1.165, 1.54) is 12.1 Å². The van der Waals surface area contributed by atoms with Gasteiger partial charge in [-0.15, -0.1) is 0 Å². The lowest BCUT2D eigenvalue weighted by atomic mass is 9.91. The first kappa shape index (κ1) is 15.3. The van der Waals surface area contributed by atoms with Gasteiger partial charge >= 0.3 is 0 Å². The first-order chi connectivity index (χ1) is 9.90. The van der Waals surface area contributed by atoms with E-state index in [9.17, 15) is 9.18 Å². The number of anilines is 1. The molecule has 0 aliphatic carbocycles. The van der Waals surface area contributed by atoms with Gasteiger partial charge in [0.1, 0.15) is 11.4 Å². The van der Waals surface area contributed by atoms with E-state index in [0.717, 1.165) is 5.56 Å². The van der Waals surface area contributed by atoms with E-state index >= 15 is 0 Å². The zero-order valence-electron chi connectivity index (χ0n) is 11.6. The van der Waals surface area contributed by atoms with Crippen LogP contribution in [-0.4, -0.2) is 11.4 Å². The Bertz CT molecular complexity index is 645. The molecule has 2 aromatic rings. The summed E-state index contributed by atoms with van der Waals surface area (Å²) in [6.45, 7) is 1.70. The number of amides is 1. The molecule has 0 saturated heterocycles. The number of nitrogens with two attached hydrogens (primary N) is 1. The lowest BCUT2D eigenvalue weighted by Gasteiger charge is -2.29. The minimum Gasteiger partial charge on any atom is -0.370 e. The van der Waals surface area contributed by atoms with Gasteiger partial charge in [0.2, 0.25) is 5.91 Å². The second-order valence-corrected chi connectivity index (χ2v) is 5.51. The molecule has 0 spiro atoms. The molecule has 0 heterocycles. The smallest absolute Gasteiger partial charge is 0.243 e. The van der Waals surface area contributed by atoms with Crippen molar-refractivity contribution in [3.8, 4) is 0 Å². The summed E-state index contributed by atoms with van der Waals surface area (Å²) in [5.41, 5.74) is 5.93. The second-order valence-electron chi connectivity index (χ2n) is 5.10. The Balaban J connectivity index is 2.26. The third-order valence-corrected chi connectivity index (χ3v) is 3.63. The number of nitrogens with one attached hydrogen (secondary N) is 1. The zero-order valence-corrected chi connectivity index (χ0v) is 12.3. The topological polar surface area (TPSA) is 55.1 Å². The molecule has 0 aliphatic rings. The van der Waals surface area contributed by atoms with E-state index in [1.807, 2.05) is 6.07 Å². The van der Waals surface area contributed by atoms with Crippen molar-refractivity contribution in [2.45, 2.75) is 18.9 Å². The molecule has 0 bridgehead atoms. The number of rotatable bonds is 5. The number of carbonyl (C=O) groups excluding carboxylic acids is 1. The fourth-order valence-corrected chi connectivity index (χ4v) is 2.25. The maximum Gasteiger partial charge on any atom is 0.243 e. The van der Waals surface area contributed by atoms with Gasteiger partial charge < -0.3 is 11.1 Å². The monoisotopic (exact) mass is 306 g/mol. The Labute approximate surface area is 127 Å². The molecular weight excluding hydrogens is 291 g/mol. The molecule has 5 heteroatoms. The van der Waals surface area contributed by atoms with E-state index in [4.69, 9.17) is 17.3 Å². The van der Waals surface area contributed by atoms with Crippen molar-refractivity contribution in [3.63, 3.8) is 0 Å². The molecule has 21 heavy (non-hydrogen) atoms. The summed E-state index contributed by atoms with van der Waals surface area (Å²) in [6.07, 6.45) is 0.327. The molecule has 0 aromatic heterocycles. The van der Waals surface area contributed by atoms with E-state index in [-0.39, 0.29) is 5.82 Å². The number of hydrogen-bond donors (Lipinski definition) is 2. The van der Waals surface area contributed by atoms with Crippen LogP contribution in [0.25, 0.3) is 0 Å². The van der Waals surface area contributed by atoms with Crippen molar-refractivity contribution in [2.75, 3.05) is 5.32 Å². The van der Waals surface area contributed by atoms with Crippen LogP contribution in [0.2, 0.25) is 5.02 Å². The fourth-order valence-electron chi connectivity index (χ4n) is 2.06. The first-order valence-electron chi connectivity index (χ1n) is 6.48. The van der Waals surface area contributed by atoms with Crippen molar-refractivity contribution in [2.24, 2.45) is 5.73 Å². The Morgan fingerprint density at radius 2 is 1.86 bits per heavy atom. The van der Waals surface area contributed by atoms with Crippen molar-refractivity contribution in [3.05, 3.63) is 64.9 Å². The summed E-state index contributed by atoms with van der Waals surface area (Å²) < 4.78 is 13.0. The Morgan fingerprint density at radius 3 is 2.43 bits per heavy atom. The van der Waals surface area contributed by atoms with E-state index in [0.29, 0.717) is 17.1 Å². The Morgan fingerprint density at radius 1 is 1.24 bits per heavy atom. The quantitative estimate of drug-likeness (QED) is 0.890. The number of primary amides is 1. The molecule has 0 aliphatic heterocycles. The number of carbonyl (C=O) groups is 1. The highest BCUT2D eigenvalue weighted by molar-refractivity contribution is 6.33. The fraction of sp³-hybridized carbons (Fsp3) is 0.188. The largest absolute Gasteiger partial charge is 0.370 e. The third kappa shape index (κ3) is 3.73. The van der Waals surface area contributed by atoms with Crippen LogP contribution in [0.4, 0.5) is 10.1 Å². The SMILES string of the molecule is CC(Cc1ccc(F)cc1)(Nc1ccccc1Cl)C(N)=O. The Hall–Kier alpha value is -2.07. The average molecular weight is 307 g/mol. The van der Waals surface area contributed by atoms with Gasteiger partial charge in [-0.25, -0.2) is 4.39 Å². The number of benzene rings is 2. The van der Waals surface area contributed by atoms with Crippen LogP contribution in [0.3, 0.4) is 0 Å². The van der Waals surface area contributed by atoms with Gasteiger partial charge in [0.25, 0.3) is 0 Å². The summed E-state index contributed by atoms with van der Waals surface area (Å²) >= 11 is 6.09. The maximum atomic E-state index is 13.0. The number of hydrogen-bond acceptors (Lipinski definition) is 2. The minimum absolute atomic E-state index is 0.321. The lowest BCUT2D eigenvalue weighted by molar-refractivity contribution is -0.121. The first-order valence-corrected chi connectivity index (χ1v) is 6.85. The summed E-state index contributed by atoms with van der Waals surface area (Å²) in [4.78, 5) is 11.9. The Kier molecular flexibility index (Phi) is 4.48. The molecule has 3 N–H and O–H groups in total. The molecule has 1 amide bonds. The van der Waals surface area contributed by atoms with Crippen LogP contribution in [0.15, 0.2) is 48.5 Å². The lowest BCUT2D eigenvalue weighted by Crippen LogP contribution is -2.49. The van der Waals surface area contributed by atoms with Gasteiger partial charge in [-0.3, -0.25) is 4.79 Å². The van der Waals surface area contributed by atoms with E-state index in [1.54, 1.807) is 37.3 Å². The molecule has 2 aromatic carbocycles. The van der Waals surface area contributed by atoms with Gasteiger partial charge in [-0.1, -0.05) is 35.9 Å². The second kappa shape index (κ2) is 6.14. The highest BCUT2D eigenvalue weighted by Crippen LogP contribution is 2.26. The van der Waals surface area contributed by atoms with Crippen LogP contribution in [0, 0.1) is 5.82 Å². The normalized spacial score (nSPS) is 13.5. The third-order valence-electron chi connectivity index (χ3n) is 3.30. The highest BCUT2D eigenvalue weighted by Gasteiger charge is 2.31. The van der Waals surface area contributed by atoms with E-state index in [2.05, 4.69) is 5.32 Å². The van der Waals surface area contributed by atoms with Crippen molar-refractivity contribution in [1.29, 1.82) is 0 Å². The van der Waals surface area contributed by atoms with Crippen LogP contribution in [0.5, 0.6) is 0 Å². The number of para-hydroxylation sites is 1. The highest BCUT2D eigenvalue weighted by atomic mass is 35.5. The predicted octanol–water partition coefficient (Wildman–Crippen LogP) is 3.38. The molecule has 0 fully saturated rings. The zero-order chi connectivity index (χ0) is 15.5. The maximum absolute atomic E-state index is 13.0. The molecule has 1 unspecified atom stereocenters. The van der Waals surface area contributed by atoms with Gasteiger partial charge in [0.15, 0.2) is 0 Å². The molecule has 3 nitrogen and oxygen atoms in total. The van der Waals surface area contributed by atoms with Crippen LogP contribution < -0.4 is 11.1 Å². The summed E-state index contributed by atoms with van der Waals surface area (Å²) in [6, 6.07) is 13.1. The van der Waals surface area contributed by atoms with Gasteiger partial charge in [0.05, 0.1) is 10.7 Å². The van der Waals surface area contributed by atoms with Crippen LogP contribution >= 0.6 is 11.6 Å². The molecule has 0 saturated carbocycles. The predicted molar refractivity (Wildman–Crippen MR) is 82.8 cm³/mol.